The van der Waals surface area contributed by atoms with Crippen LogP contribution in [0.2, 0.25) is 0 Å². The second-order valence-corrected chi connectivity index (χ2v) is 5.47. The van der Waals surface area contributed by atoms with Crippen LogP contribution in [0, 0.1) is 5.41 Å². The first kappa shape index (κ1) is 13.4. The molecule has 0 bridgehead atoms. The fraction of sp³-hybridized carbons (Fsp3) is 0.714. The van der Waals surface area contributed by atoms with E-state index in [0.29, 0.717) is 6.61 Å². The van der Waals surface area contributed by atoms with E-state index in [-0.39, 0.29) is 5.41 Å². The highest BCUT2D eigenvalue weighted by Gasteiger charge is 2.33. The Kier molecular flexibility index (Phi) is 4.66. The zero-order valence-corrected chi connectivity index (χ0v) is 11.2. The zero-order chi connectivity index (χ0) is 12.8. The Morgan fingerprint density at radius 1 is 1.39 bits per heavy atom. The summed E-state index contributed by atoms with van der Waals surface area (Å²) in [6.07, 6.45) is 9.90. The summed E-state index contributed by atoms with van der Waals surface area (Å²) in [7, 11) is 0. The maximum Gasteiger partial charge on any atom is 0.115 e. The van der Waals surface area contributed by atoms with E-state index in [4.69, 9.17) is 0 Å². The van der Waals surface area contributed by atoms with Crippen molar-refractivity contribution >= 4 is 0 Å². The fourth-order valence-electron chi connectivity index (χ4n) is 3.06. The molecule has 0 saturated carbocycles. The molecule has 100 valence electrons. The van der Waals surface area contributed by atoms with Crippen LogP contribution in [0.5, 0.6) is 0 Å². The number of aliphatic hydroxyl groups is 1. The number of likely N-dealkylation sites (tertiary alicyclic amines) is 1. The molecule has 0 spiro atoms. The molecule has 4 heteroatoms. The predicted molar refractivity (Wildman–Crippen MR) is 71.0 cm³/mol. The summed E-state index contributed by atoms with van der Waals surface area (Å²) in [6.45, 7) is 5.50. The van der Waals surface area contributed by atoms with Crippen molar-refractivity contribution in [2.24, 2.45) is 5.41 Å². The number of piperidine rings is 1. The van der Waals surface area contributed by atoms with Gasteiger partial charge in [0, 0.05) is 43.1 Å². The summed E-state index contributed by atoms with van der Waals surface area (Å²) in [5.74, 6) is 0. The molecule has 2 rings (SSSR count). The smallest absolute Gasteiger partial charge is 0.115 e. The van der Waals surface area contributed by atoms with Crippen LogP contribution < -0.4 is 0 Å². The fourth-order valence-corrected chi connectivity index (χ4v) is 3.06. The van der Waals surface area contributed by atoms with Crippen LogP contribution in [-0.4, -0.2) is 39.7 Å². The average Bonchev–Trinajstić information content (AvgIpc) is 2.41. The minimum atomic E-state index is 0.114. The van der Waals surface area contributed by atoms with Crippen LogP contribution in [0.15, 0.2) is 18.7 Å². The number of nitrogens with zero attached hydrogens (tertiary/aromatic N) is 3. The summed E-state index contributed by atoms with van der Waals surface area (Å²) in [6, 6.07) is 0. The normalized spacial score (nSPS) is 25.2. The SMILES string of the molecule is CCCC1(CO)CCCN(Cc2cncnc2)C1. The van der Waals surface area contributed by atoms with Crippen molar-refractivity contribution in [3.8, 4) is 0 Å². The lowest BCUT2D eigenvalue weighted by molar-refractivity contribution is 0.0215. The lowest BCUT2D eigenvalue weighted by Gasteiger charge is -2.42. The Balaban J connectivity index is 1.98. The molecule has 1 unspecified atom stereocenters. The minimum absolute atomic E-state index is 0.114. The van der Waals surface area contributed by atoms with Crippen molar-refractivity contribution in [1.82, 2.24) is 14.9 Å². The van der Waals surface area contributed by atoms with E-state index in [9.17, 15) is 5.11 Å². The van der Waals surface area contributed by atoms with Gasteiger partial charge in [0.15, 0.2) is 0 Å². The zero-order valence-electron chi connectivity index (χ0n) is 11.2. The maximum absolute atomic E-state index is 9.71. The molecule has 1 aliphatic heterocycles. The molecular weight excluding hydrogens is 226 g/mol. The van der Waals surface area contributed by atoms with Crippen molar-refractivity contribution in [2.75, 3.05) is 19.7 Å². The van der Waals surface area contributed by atoms with E-state index in [0.717, 1.165) is 44.5 Å². The Morgan fingerprint density at radius 3 is 2.83 bits per heavy atom. The van der Waals surface area contributed by atoms with Crippen molar-refractivity contribution in [2.45, 2.75) is 39.2 Å². The van der Waals surface area contributed by atoms with Crippen molar-refractivity contribution in [3.05, 3.63) is 24.3 Å². The molecule has 4 nitrogen and oxygen atoms in total. The van der Waals surface area contributed by atoms with E-state index in [1.165, 1.54) is 6.42 Å². The van der Waals surface area contributed by atoms with Crippen molar-refractivity contribution in [3.63, 3.8) is 0 Å². The van der Waals surface area contributed by atoms with Gasteiger partial charge in [-0.3, -0.25) is 4.90 Å². The predicted octanol–water partition coefficient (Wildman–Crippen LogP) is 1.85. The Morgan fingerprint density at radius 2 is 2.17 bits per heavy atom. The van der Waals surface area contributed by atoms with Crippen molar-refractivity contribution < 1.29 is 5.11 Å². The molecule has 0 amide bonds. The van der Waals surface area contributed by atoms with Gasteiger partial charge >= 0.3 is 0 Å². The van der Waals surface area contributed by atoms with E-state index in [1.807, 2.05) is 12.4 Å². The van der Waals surface area contributed by atoms with Gasteiger partial charge in [0.2, 0.25) is 0 Å². The van der Waals surface area contributed by atoms with Crippen molar-refractivity contribution in [1.29, 1.82) is 0 Å². The van der Waals surface area contributed by atoms with Crippen LogP contribution in [0.4, 0.5) is 0 Å². The van der Waals surface area contributed by atoms with Gasteiger partial charge in [0.1, 0.15) is 6.33 Å². The maximum atomic E-state index is 9.71. The molecule has 1 fully saturated rings. The minimum Gasteiger partial charge on any atom is -0.396 e. The van der Waals surface area contributed by atoms with Gasteiger partial charge in [-0.1, -0.05) is 13.3 Å². The Hall–Kier alpha value is -1.00. The highest BCUT2D eigenvalue weighted by Crippen LogP contribution is 2.34. The van der Waals surface area contributed by atoms with Gasteiger partial charge in [-0.2, -0.15) is 0 Å². The van der Waals surface area contributed by atoms with Crippen LogP contribution in [0.25, 0.3) is 0 Å². The third-order valence-corrected chi connectivity index (χ3v) is 3.88. The standard InChI is InChI=1S/C14H23N3O/c1-2-4-14(11-18)5-3-6-17(10-14)9-13-7-15-12-16-8-13/h7-8,12,18H,2-6,9-11H2,1H3. The first-order chi connectivity index (χ1) is 8.78. The number of aliphatic hydroxyl groups excluding tert-OH is 1. The second kappa shape index (κ2) is 6.25. The molecule has 1 aliphatic rings. The first-order valence-corrected chi connectivity index (χ1v) is 6.85. The number of hydrogen-bond donors (Lipinski definition) is 1. The highest BCUT2D eigenvalue weighted by molar-refractivity contribution is 5.03. The van der Waals surface area contributed by atoms with Gasteiger partial charge < -0.3 is 5.11 Å². The van der Waals surface area contributed by atoms with Crippen LogP contribution in [-0.2, 0) is 6.54 Å². The molecule has 0 radical (unpaired) electrons. The van der Waals surface area contributed by atoms with E-state index < -0.39 is 0 Å². The molecule has 0 aliphatic carbocycles. The molecule has 1 aromatic rings. The largest absolute Gasteiger partial charge is 0.396 e. The first-order valence-electron chi connectivity index (χ1n) is 6.85. The van der Waals surface area contributed by atoms with Crippen LogP contribution >= 0.6 is 0 Å². The van der Waals surface area contributed by atoms with E-state index in [2.05, 4.69) is 21.8 Å². The van der Waals surface area contributed by atoms with Gasteiger partial charge in [-0.15, -0.1) is 0 Å². The molecule has 1 aromatic heterocycles. The molecule has 1 saturated heterocycles. The summed E-state index contributed by atoms with van der Waals surface area (Å²) in [5.41, 5.74) is 1.27. The van der Waals surface area contributed by atoms with Crippen LogP contribution in [0.1, 0.15) is 38.2 Å². The molecule has 1 atom stereocenters. The summed E-state index contributed by atoms with van der Waals surface area (Å²) >= 11 is 0. The topological polar surface area (TPSA) is 49.2 Å². The quantitative estimate of drug-likeness (QED) is 0.865. The lowest BCUT2D eigenvalue weighted by atomic mass is 9.77. The van der Waals surface area contributed by atoms with Gasteiger partial charge in [-0.05, 0) is 25.8 Å². The third kappa shape index (κ3) is 3.27. The number of rotatable bonds is 5. The monoisotopic (exact) mass is 249 g/mol. The molecule has 18 heavy (non-hydrogen) atoms. The molecular formula is C14H23N3O. The van der Waals surface area contributed by atoms with Gasteiger partial charge in [-0.25, -0.2) is 9.97 Å². The van der Waals surface area contributed by atoms with E-state index >= 15 is 0 Å². The molecule has 0 aromatic carbocycles. The third-order valence-electron chi connectivity index (χ3n) is 3.88. The van der Waals surface area contributed by atoms with Gasteiger partial charge in [0.25, 0.3) is 0 Å². The molecule has 1 N–H and O–H groups in total. The number of aromatic nitrogens is 2. The number of hydrogen-bond acceptors (Lipinski definition) is 4. The lowest BCUT2D eigenvalue weighted by Crippen LogP contribution is -2.44. The Labute approximate surface area is 109 Å². The highest BCUT2D eigenvalue weighted by atomic mass is 16.3. The summed E-state index contributed by atoms with van der Waals surface area (Å²) < 4.78 is 0. The second-order valence-electron chi connectivity index (χ2n) is 5.47. The van der Waals surface area contributed by atoms with Crippen LogP contribution in [0.3, 0.4) is 0 Å². The summed E-state index contributed by atoms with van der Waals surface area (Å²) in [4.78, 5) is 10.5. The average molecular weight is 249 g/mol. The summed E-state index contributed by atoms with van der Waals surface area (Å²) in [5, 5.41) is 9.71. The van der Waals surface area contributed by atoms with E-state index in [1.54, 1.807) is 6.33 Å². The Bertz CT molecular complexity index is 353. The van der Waals surface area contributed by atoms with Gasteiger partial charge in [0.05, 0.1) is 0 Å². The molecule has 2 heterocycles.